The predicted octanol–water partition coefficient (Wildman–Crippen LogP) is 4.88. The lowest BCUT2D eigenvalue weighted by atomic mass is 10.2. The molecule has 0 atom stereocenters. The number of halogens is 2. The summed E-state index contributed by atoms with van der Waals surface area (Å²) in [7, 11) is 3.14. The summed E-state index contributed by atoms with van der Waals surface area (Å²) in [5.74, 6) is 0.984. The van der Waals surface area contributed by atoms with Gasteiger partial charge in [0.1, 0.15) is 0 Å². The van der Waals surface area contributed by atoms with E-state index < -0.39 is 0 Å². The molecule has 0 unspecified atom stereocenters. The van der Waals surface area contributed by atoms with Crippen LogP contribution in [0.5, 0.6) is 11.5 Å². The Morgan fingerprint density at radius 1 is 1.09 bits per heavy atom. The maximum atomic E-state index is 12.0. The minimum Gasteiger partial charge on any atom is -0.493 e. The van der Waals surface area contributed by atoms with Crippen molar-refractivity contribution in [2.45, 2.75) is 0 Å². The first-order valence-corrected chi connectivity index (χ1v) is 8.29. The van der Waals surface area contributed by atoms with E-state index in [0.717, 1.165) is 20.2 Å². The van der Waals surface area contributed by atoms with Crippen molar-refractivity contribution in [2.75, 3.05) is 19.5 Å². The Morgan fingerprint density at radius 2 is 1.83 bits per heavy atom. The molecule has 120 valence electrons. The maximum absolute atomic E-state index is 12.0. The molecule has 0 bridgehead atoms. The number of ether oxygens (including phenoxy) is 2. The predicted molar refractivity (Wildman–Crippen MR) is 99.1 cm³/mol. The van der Waals surface area contributed by atoms with Crippen LogP contribution in [0.15, 0.2) is 51.4 Å². The zero-order valence-electron chi connectivity index (χ0n) is 12.6. The van der Waals surface area contributed by atoms with Gasteiger partial charge in [-0.1, -0.05) is 12.1 Å². The number of para-hydroxylation sites is 1. The van der Waals surface area contributed by atoms with E-state index >= 15 is 0 Å². The van der Waals surface area contributed by atoms with Gasteiger partial charge in [-0.3, -0.25) is 4.79 Å². The molecule has 23 heavy (non-hydrogen) atoms. The summed E-state index contributed by atoms with van der Waals surface area (Å²) in [6.45, 7) is 0. The lowest BCUT2D eigenvalue weighted by Crippen LogP contribution is -2.08. The number of carbonyl (C=O) groups excluding carboxylic acids is 1. The van der Waals surface area contributed by atoms with Gasteiger partial charge in [-0.25, -0.2) is 0 Å². The first-order valence-electron chi connectivity index (χ1n) is 6.70. The molecule has 0 heterocycles. The molecule has 0 saturated carbocycles. The second-order valence-corrected chi connectivity index (χ2v) is 6.25. The van der Waals surface area contributed by atoms with Crippen molar-refractivity contribution in [1.29, 1.82) is 0 Å². The summed E-state index contributed by atoms with van der Waals surface area (Å²) in [5.41, 5.74) is 1.53. The molecule has 2 aromatic rings. The summed E-state index contributed by atoms with van der Waals surface area (Å²) in [4.78, 5) is 12.0. The molecular weight excluding hydrogens is 426 g/mol. The quantitative estimate of drug-likeness (QED) is 0.674. The maximum Gasteiger partial charge on any atom is 0.248 e. The molecule has 0 aliphatic heterocycles. The molecule has 6 heteroatoms. The highest BCUT2D eigenvalue weighted by Crippen LogP contribution is 2.36. The molecule has 0 aliphatic rings. The van der Waals surface area contributed by atoms with E-state index in [4.69, 9.17) is 9.47 Å². The molecule has 0 aromatic heterocycles. The van der Waals surface area contributed by atoms with Crippen molar-refractivity contribution in [2.24, 2.45) is 0 Å². The van der Waals surface area contributed by atoms with Crippen molar-refractivity contribution in [1.82, 2.24) is 0 Å². The number of amides is 1. The van der Waals surface area contributed by atoms with Crippen LogP contribution in [0.2, 0.25) is 0 Å². The molecule has 2 aromatic carbocycles. The van der Waals surface area contributed by atoms with Gasteiger partial charge >= 0.3 is 0 Å². The number of carbonyl (C=O) groups is 1. The molecule has 0 spiro atoms. The van der Waals surface area contributed by atoms with Crippen molar-refractivity contribution in [3.05, 3.63) is 57.0 Å². The highest BCUT2D eigenvalue weighted by molar-refractivity contribution is 9.11. The Hall–Kier alpha value is -1.79. The topological polar surface area (TPSA) is 47.6 Å². The molecule has 0 radical (unpaired) electrons. The minimum atomic E-state index is -0.220. The number of hydrogen-bond donors (Lipinski definition) is 1. The van der Waals surface area contributed by atoms with Crippen LogP contribution in [0.1, 0.15) is 5.56 Å². The monoisotopic (exact) mass is 439 g/mol. The molecule has 2 rings (SSSR count). The average molecular weight is 441 g/mol. The lowest BCUT2D eigenvalue weighted by molar-refractivity contribution is -0.111. The summed E-state index contributed by atoms with van der Waals surface area (Å²) < 4.78 is 12.1. The van der Waals surface area contributed by atoms with Gasteiger partial charge in [0.2, 0.25) is 5.91 Å². The Morgan fingerprint density at radius 3 is 2.48 bits per heavy atom. The van der Waals surface area contributed by atoms with Gasteiger partial charge in [0.05, 0.1) is 24.4 Å². The van der Waals surface area contributed by atoms with Crippen LogP contribution in [-0.2, 0) is 4.79 Å². The van der Waals surface area contributed by atoms with Crippen molar-refractivity contribution in [3.8, 4) is 11.5 Å². The molecule has 0 aliphatic carbocycles. The Bertz CT molecular complexity index is 745. The van der Waals surface area contributed by atoms with Gasteiger partial charge in [-0.05, 0) is 67.8 Å². The number of hydrogen-bond acceptors (Lipinski definition) is 3. The normalized spacial score (nSPS) is 10.6. The summed E-state index contributed by atoms with van der Waals surface area (Å²) in [6, 6.07) is 11.1. The van der Waals surface area contributed by atoms with Crippen molar-refractivity contribution < 1.29 is 14.3 Å². The van der Waals surface area contributed by atoms with Gasteiger partial charge in [0, 0.05) is 10.5 Å². The second-order valence-electron chi connectivity index (χ2n) is 4.54. The van der Waals surface area contributed by atoms with E-state index in [9.17, 15) is 4.79 Å². The van der Waals surface area contributed by atoms with Crippen LogP contribution in [-0.4, -0.2) is 20.1 Å². The number of nitrogens with one attached hydrogen (secondary N) is 1. The van der Waals surface area contributed by atoms with Gasteiger partial charge in [-0.15, -0.1) is 0 Å². The first kappa shape index (κ1) is 17.6. The fourth-order valence-corrected chi connectivity index (χ4v) is 2.95. The number of methoxy groups -OCH3 is 2. The second kappa shape index (κ2) is 8.17. The van der Waals surface area contributed by atoms with Crippen LogP contribution in [0.4, 0.5) is 5.69 Å². The van der Waals surface area contributed by atoms with Gasteiger partial charge < -0.3 is 14.8 Å². The van der Waals surface area contributed by atoms with Crippen LogP contribution < -0.4 is 14.8 Å². The third-order valence-electron chi connectivity index (χ3n) is 3.01. The summed E-state index contributed by atoms with van der Waals surface area (Å²) in [6.07, 6.45) is 3.17. The average Bonchev–Trinajstić information content (AvgIpc) is 2.54. The molecule has 0 fully saturated rings. The van der Waals surface area contributed by atoms with E-state index in [1.165, 1.54) is 6.08 Å². The van der Waals surface area contributed by atoms with Crippen molar-refractivity contribution in [3.63, 3.8) is 0 Å². The standard InChI is InChI=1S/C17H15Br2NO3/c1-22-15-10-11(9-13(19)17(15)23-2)7-8-16(21)20-14-6-4-3-5-12(14)18/h3-10H,1-2H3,(H,20,21)/b8-7+. The van der Waals surface area contributed by atoms with Crippen LogP contribution in [0, 0.1) is 0 Å². The van der Waals surface area contributed by atoms with E-state index in [1.54, 1.807) is 26.4 Å². The van der Waals surface area contributed by atoms with Crippen LogP contribution in [0.25, 0.3) is 6.08 Å². The minimum absolute atomic E-state index is 0.220. The molecule has 4 nitrogen and oxygen atoms in total. The summed E-state index contributed by atoms with van der Waals surface area (Å²) in [5, 5.41) is 2.81. The Balaban J connectivity index is 2.15. The van der Waals surface area contributed by atoms with Crippen LogP contribution in [0.3, 0.4) is 0 Å². The van der Waals surface area contributed by atoms with Crippen LogP contribution >= 0.6 is 31.9 Å². The van der Waals surface area contributed by atoms with Gasteiger partial charge in [-0.2, -0.15) is 0 Å². The summed E-state index contributed by atoms with van der Waals surface area (Å²) >= 11 is 6.81. The number of anilines is 1. The third-order valence-corrected chi connectivity index (χ3v) is 4.30. The Labute approximate surface area is 151 Å². The fraction of sp³-hybridized carbons (Fsp3) is 0.118. The third kappa shape index (κ3) is 4.59. The Kier molecular flexibility index (Phi) is 6.24. The zero-order valence-corrected chi connectivity index (χ0v) is 15.8. The number of benzene rings is 2. The highest BCUT2D eigenvalue weighted by atomic mass is 79.9. The van der Waals surface area contributed by atoms with Gasteiger partial charge in [0.25, 0.3) is 0 Å². The van der Waals surface area contributed by atoms with E-state index in [1.807, 2.05) is 30.3 Å². The lowest BCUT2D eigenvalue weighted by Gasteiger charge is -2.10. The fourth-order valence-electron chi connectivity index (χ4n) is 1.94. The number of rotatable bonds is 5. The molecule has 0 saturated heterocycles. The molecule has 1 N–H and O–H groups in total. The van der Waals surface area contributed by atoms with E-state index in [2.05, 4.69) is 37.2 Å². The first-order chi connectivity index (χ1) is 11.0. The van der Waals surface area contributed by atoms with Gasteiger partial charge in [0.15, 0.2) is 11.5 Å². The van der Waals surface area contributed by atoms with E-state index in [0.29, 0.717) is 11.5 Å². The van der Waals surface area contributed by atoms with E-state index in [-0.39, 0.29) is 5.91 Å². The zero-order chi connectivity index (χ0) is 16.8. The molecular formula is C17H15Br2NO3. The van der Waals surface area contributed by atoms with Crippen molar-refractivity contribution >= 4 is 49.5 Å². The highest BCUT2D eigenvalue weighted by Gasteiger charge is 2.09. The largest absolute Gasteiger partial charge is 0.493 e. The molecule has 1 amide bonds. The smallest absolute Gasteiger partial charge is 0.248 e. The SMILES string of the molecule is COc1cc(/C=C/C(=O)Nc2ccccc2Br)cc(Br)c1OC.